The summed E-state index contributed by atoms with van der Waals surface area (Å²) < 4.78 is 5.38. The van der Waals surface area contributed by atoms with Crippen molar-refractivity contribution in [3.05, 3.63) is 23.8 Å². The molecule has 2 aliphatic carbocycles. The van der Waals surface area contributed by atoms with Crippen molar-refractivity contribution < 1.29 is 9.53 Å². The molecule has 1 aromatic rings. The third-order valence-corrected chi connectivity index (χ3v) is 4.51. The quantitative estimate of drug-likeness (QED) is 0.784. The summed E-state index contributed by atoms with van der Waals surface area (Å²) in [5.74, 6) is 1.46. The van der Waals surface area contributed by atoms with Crippen LogP contribution in [0.2, 0.25) is 0 Å². The van der Waals surface area contributed by atoms with Crippen molar-refractivity contribution >= 4 is 11.6 Å². The van der Waals surface area contributed by atoms with Gasteiger partial charge in [0.25, 0.3) is 5.91 Å². The minimum Gasteiger partial charge on any atom is -0.492 e. The first kappa shape index (κ1) is 13.3. The number of nitrogens with two attached hydrogens (primary N) is 1. The normalized spacial score (nSPS) is 19.4. The molecule has 2 saturated carbocycles. The van der Waals surface area contributed by atoms with Crippen LogP contribution in [0.25, 0.3) is 0 Å². The SMILES string of the molecule is CCOc1ccc(C(=O)NCC2(C3CC3)CC2)cc1N. The van der Waals surface area contributed by atoms with Crippen LogP contribution in [0.4, 0.5) is 5.69 Å². The van der Waals surface area contributed by atoms with E-state index in [0.717, 1.165) is 12.5 Å². The maximum Gasteiger partial charge on any atom is 0.251 e. The van der Waals surface area contributed by atoms with Gasteiger partial charge in [0, 0.05) is 12.1 Å². The molecule has 0 aliphatic heterocycles. The zero-order valence-corrected chi connectivity index (χ0v) is 11.9. The fourth-order valence-corrected chi connectivity index (χ4v) is 2.92. The van der Waals surface area contributed by atoms with E-state index in [1.807, 2.05) is 6.92 Å². The largest absolute Gasteiger partial charge is 0.492 e. The summed E-state index contributed by atoms with van der Waals surface area (Å²) in [4.78, 5) is 12.2. The van der Waals surface area contributed by atoms with Gasteiger partial charge in [0.2, 0.25) is 0 Å². The van der Waals surface area contributed by atoms with Crippen LogP contribution >= 0.6 is 0 Å². The van der Waals surface area contributed by atoms with Crippen molar-refractivity contribution in [3.63, 3.8) is 0 Å². The van der Waals surface area contributed by atoms with Crippen LogP contribution in [0.3, 0.4) is 0 Å². The van der Waals surface area contributed by atoms with Crippen molar-refractivity contribution in [2.75, 3.05) is 18.9 Å². The maximum atomic E-state index is 12.2. The van der Waals surface area contributed by atoms with Gasteiger partial charge in [-0.15, -0.1) is 0 Å². The molecule has 0 radical (unpaired) electrons. The van der Waals surface area contributed by atoms with E-state index in [4.69, 9.17) is 10.5 Å². The van der Waals surface area contributed by atoms with Crippen LogP contribution in [0.15, 0.2) is 18.2 Å². The molecule has 2 aliphatic rings. The molecule has 0 saturated heterocycles. The van der Waals surface area contributed by atoms with Gasteiger partial charge in [-0.3, -0.25) is 4.79 Å². The minimum atomic E-state index is -0.0355. The molecule has 3 rings (SSSR count). The van der Waals surface area contributed by atoms with E-state index >= 15 is 0 Å². The summed E-state index contributed by atoms with van der Waals surface area (Å²) in [5, 5.41) is 3.07. The fraction of sp³-hybridized carbons (Fsp3) is 0.562. The Morgan fingerprint density at radius 1 is 1.45 bits per heavy atom. The van der Waals surface area contributed by atoms with E-state index in [1.165, 1.54) is 25.7 Å². The van der Waals surface area contributed by atoms with Crippen LogP contribution in [0.1, 0.15) is 43.0 Å². The van der Waals surface area contributed by atoms with Gasteiger partial charge >= 0.3 is 0 Å². The first-order valence-corrected chi connectivity index (χ1v) is 7.45. The van der Waals surface area contributed by atoms with Crippen LogP contribution in [0, 0.1) is 11.3 Å². The lowest BCUT2D eigenvalue weighted by molar-refractivity contribution is 0.0942. The van der Waals surface area contributed by atoms with Gasteiger partial charge in [-0.25, -0.2) is 0 Å². The lowest BCUT2D eigenvalue weighted by Crippen LogP contribution is -2.31. The molecule has 2 fully saturated rings. The van der Waals surface area contributed by atoms with Crippen molar-refractivity contribution in [2.45, 2.75) is 32.6 Å². The highest BCUT2D eigenvalue weighted by Gasteiger charge is 2.53. The van der Waals surface area contributed by atoms with E-state index in [2.05, 4.69) is 5.32 Å². The number of anilines is 1. The highest BCUT2D eigenvalue weighted by Crippen LogP contribution is 2.60. The number of benzene rings is 1. The van der Waals surface area contributed by atoms with E-state index in [-0.39, 0.29) is 5.91 Å². The second kappa shape index (κ2) is 5.00. The third-order valence-electron chi connectivity index (χ3n) is 4.51. The number of carbonyl (C=O) groups is 1. The summed E-state index contributed by atoms with van der Waals surface area (Å²) in [5.41, 5.74) is 7.44. The Labute approximate surface area is 119 Å². The molecular weight excluding hydrogens is 252 g/mol. The molecule has 0 atom stereocenters. The van der Waals surface area contributed by atoms with Crippen LogP contribution in [-0.4, -0.2) is 19.1 Å². The zero-order chi connectivity index (χ0) is 14.2. The Kier molecular flexibility index (Phi) is 3.32. The van der Waals surface area contributed by atoms with Gasteiger partial charge in [0.05, 0.1) is 12.3 Å². The summed E-state index contributed by atoms with van der Waals surface area (Å²) in [6.07, 6.45) is 5.21. The molecule has 0 heterocycles. The molecule has 0 bridgehead atoms. The Hall–Kier alpha value is -1.71. The average Bonchev–Trinajstić information content (AvgIpc) is 3.30. The Morgan fingerprint density at radius 2 is 2.20 bits per heavy atom. The fourth-order valence-electron chi connectivity index (χ4n) is 2.92. The van der Waals surface area contributed by atoms with Crippen molar-refractivity contribution in [1.29, 1.82) is 0 Å². The first-order valence-electron chi connectivity index (χ1n) is 7.45. The second-order valence-electron chi connectivity index (χ2n) is 6.00. The molecule has 1 amide bonds. The number of nitrogens with one attached hydrogen (secondary N) is 1. The maximum absolute atomic E-state index is 12.2. The lowest BCUT2D eigenvalue weighted by Gasteiger charge is -2.15. The van der Waals surface area contributed by atoms with E-state index in [9.17, 15) is 4.79 Å². The Morgan fingerprint density at radius 3 is 2.75 bits per heavy atom. The summed E-state index contributed by atoms with van der Waals surface area (Å²) in [6, 6.07) is 5.23. The predicted molar refractivity (Wildman–Crippen MR) is 78.7 cm³/mol. The molecule has 1 aromatic carbocycles. The number of carbonyl (C=O) groups excluding carboxylic acids is 1. The highest BCUT2D eigenvalue weighted by molar-refractivity contribution is 5.95. The molecule has 3 N–H and O–H groups in total. The van der Waals surface area contributed by atoms with Crippen molar-refractivity contribution in [2.24, 2.45) is 11.3 Å². The van der Waals surface area contributed by atoms with Crippen molar-refractivity contribution in [1.82, 2.24) is 5.32 Å². The molecule has 0 spiro atoms. The predicted octanol–water partition coefficient (Wildman–Crippen LogP) is 2.59. The highest BCUT2D eigenvalue weighted by atomic mass is 16.5. The molecule has 0 unspecified atom stereocenters. The number of hydrogen-bond donors (Lipinski definition) is 2. The summed E-state index contributed by atoms with van der Waals surface area (Å²) in [7, 11) is 0. The molecule has 4 nitrogen and oxygen atoms in total. The van der Waals surface area contributed by atoms with Crippen molar-refractivity contribution in [3.8, 4) is 5.75 Å². The lowest BCUT2D eigenvalue weighted by atomic mass is 10.0. The summed E-state index contributed by atoms with van der Waals surface area (Å²) >= 11 is 0. The van der Waals surface area contributed by atoms with Gasteiger partial charge in [-0.2, -0.15) is 0 Å². The van der Waals surface area contributed by atoms with E-state index in [1.54, 1.807) is 18.2 Å². The van der Waals surface area contributed by atoms with E-state index < -0.39 is 0 Å². The Balaban J connectivity index is 1.60. The molecule has 108 valence electrons. The summed E-state index contributed by atoms with van der Waals surface area (Å²) in [6.45, 7) is 3.29. The average molecular weight is 274 g/mol. The van der Waals surface area contributed by atoms with Gasteiger partial charge in [0.15, 0.2) is 0 Å². The second-order valence-corrected chi connectivity index (χ2v) is 6.00. The monoisotopic (exact) mass is 274 g/mol. The number of nitrogen functional groups attached to an aromatic ring is 1. The van der Waals surface area contributed by atoms with E-state index in [0.29, 0.717) is 29.0 Å². The van der Waals surface area contributed by atoms with Gasteiger partial charge in [-0.05, 0) is 62.1 Å². The van der Waals surface area contributed by atoms with Crippen LogP contribution in [-0.2, 0) is 0 Å². The zero-order valence-electron chi connectivity index (χ0n) is 11.9. The molecule has 20 heavy (non-hydrogen) atoms. The molecule has 0 aromatic heterocycles. The third kappa shape index (κ3) is 2.60. The number of rotatable bonds is 6. The smallest absolute Gasteiger partial charge is 0.251 e. The van der Waals surface area contributed by atoms with Crippen LogP contribution in [0.5, 0.6) is 5.75 Å². The molecular formula is C16H22N2O2. The minimum absolute atomic E-state index is 0.0355. The number of ether oxygens (including phenoxy) is 1. The first-order chi connectivity index (χ1) is 9.64. The Bertz CT molecular complexity index is 519. The van der Waals surface area contributed by atoms with Gasteiger partial charge in [0.1, 0.15) is 5.75 Å². The number of amides is 1. The standard InChI is InChI=1S/C16H22N2O2/c1-2-20-14-6-3-11(9-13(14)17)15(19)18-10-16(7-8-16)12-4-5-12/h3,6,9,12H,2,4-5,7-8,10,17H2,1H3,(H,18,19). The van der Waals surface area contributed by atoms with Gasteiger partial charge < -0.3 is 15.8 Å². The van der Waals surface area contributed by atoms with Crippen LogP contribution < -0.4 is 15.8 Å². The topological polar surface area (TPSA) is 64.3 Å². The number of hydrogen-bond acceptors (Lipinski definition) is 3. The molecule has 4 heteroatoms. The van der Waals surface area contributed by atoms with Gasteiger partial charge in [-0.1, -0.05) is 0 Å².